The first-order valence-electron chi connectivity index (χ1n) is 6.04. The van der Waals surface area contributed by atoms with Crippen molar-refractivity contribution in [3.8, 4) is 12.3 Å². The fraction of sp³-hybridized carbons (Fsp3) is 0.385. The van der Waals surface area contributed by atoms with Crippen LogP contribution in [0.1, 0.15) is 18.2 Å². The summed E-state index contributed by atoms with van der Waals surface area (Å²) in [6.07, 6.45) is 6.08. The maximum atomic E-state index is 11.9. The molecule has 8 heteroatoms. The Morgan fingerprint density at radius 2 is 2.38 bits per heavy atom. The van der Waals surface area contributed by atoms with Gasteiger partial charge in [0.2, 0.25) is 0 Å². The monoisotopic (exact) mass is 356 g/mol. The molecule has 1 unspecified atom stereocenters. The van der Waals surface area contributed by atoms with Crippen molar-refractivity contribution >= 4 is 22.0 Å². The molecule has 3 atom stereocenters. The van der Waals surface area contributed by atoms with Crippen LogP contribution >= 0.6 is 15.9 Å². The zero-order chi connectivity index (χ0) is 15.6. The van der Waals surface area contributed by atoms with Crippen molar-refractivity contribution in [2.75, 3.05) is 6.61 Å². The van der Waals surface area contributed by atoms with Crippen molar-refractivity contribution in [2.24, 2.45) is 0 Å². The highest BCUT2D eigenvalue weighted by Gasteiger charge is 2.47. The summed E-state index contributed by atoms with van der Waals surface area (Å²) in [6.45, 7) is -0.576. The summed E-state index contributed by atoms with van der Waals surface area (Å²) < 4.78 is 6.60. The van der Waals surface area contributed by atoms with Crippen molar-refractivity contribution in [2.45, 2.75) is 24.4 Å². The van der Waals surface area contributed by atoms with E-state index < -0.39 is 35.8 Å². The number of hydrogen-bond donors (Lipinski definition) is 3. The van der Waals surface area contributed by atoms with E-state index in [1.54, 1.807) is 0 Å². The Morgan fingerprint density at radius 3 is 2.90 bits per heavy atom. The van der Waals surface area contributed by atoms with Gasteiger partial charge in [0.05, 0.1) is 12.2 Å². The molecular formula is C13H13BrN2O5. The average Bonchev–Trinajstić information content (AvgIpc) is 2.79. The number of aromatic amines is 1. The summed E-state index contributed by atoms with van der Waals surface area (Å²) in [5, 5.41) is 19.3. The molecule has 0 aromatic carbocycles. The molecule has 0 saturated carbocycles. The van der Waals surface area contributed by atoms with Gasteiger partial charge in [-0.2, -0.15) is 0 Å². The highest BCUT2D eigenvalue weighted by molar-refractivity contribution is 9.11. The quantitative estimate of drug-likeness (QED) is 0.636. The molecule has 7 nitrogen and oxygen atoms in total. The van der Waals surface area contributed by atoms with Crippen molar-refractivity contribution in [3.63, 3.8) is 0 Å². The van der Waals surface area contributed by atoms with Gasteiger partial charge in [-0.1, -0.05) is 21.9 Å². The normalized spacial score (nSPS) is 28.9. The van der Waals surface area contributed by atoms with E-state index in [0.29, 0.717) is 0 Å². The molecule has 1 aromatic heterocycles. The zero-order valence-corrected chi connectivity index (χ0v) is 12.4. The van der Waals surface area contributed by atoms with Gasteiger partial charge in [-0.05, 0) is 11.1 Å². The van der Waals surface area contributed by atoms with Crippen LogP contribution in [0.2, 0.25) is 0 Å². The molecule has 1 aliphatic heterocycles. The maximum Gasteiger partial charge on any atom is 0.330 e. The second-order valence-corrected chi connectivity index (χ2v) is 5.09. The first kappa shape index (κ1) is 15.7. The molecule has 21 heavy (non-hydrogen) atoms. The lowest BCUT2D eigenvalue weighted by molar-refractivity contribution is -0.0912. The lowest BCUT2D eigenvalue weighted by Gasteiger charge is -2.23. The molecule has 0 spiro atoms. The molecule has 0 bridgehead atoms. The third kappa shape index (κ3) is 2.73. The highest BCUT2D eigenvalue weighted by atomic mass is 79.9. The van der Waals surface area contributed by atoms with Gasteiger partial charge in [-0.15, -0.1) is 6.42 Å². The van der Waals surface area contributed by atoms with Crippen LogP contribution in [-0.4, -0.2) is 38.1 Å². The Kier molecular flexibility index (Phi) is 4.49. The van der Waals surface area contributed by atoms with Crippen LogP contribution in [0.25, 0.3) is 6.08 Å². The second kappa shape index (κ2) is 5.99. The number of aromatic nitrogens is 2. The molecule has 0 aliphatic carbocycles. The first-order valence-corrected chi connectivity index (χ1v) is 6.95. The van der Waals surface area contributed by atoms with E-state index in [2.05, 4.69) is 26.8 Å². The lowest BCUT2D eigenvalue weighted by atomic mass is 9.99. The van der Waals surface area contributed by atoms with Crippen molar-refractivity contribution in [3.05, 3.63) is 37.6 Å². The summed E-state index contributed by atoms with van der Waals surface area (Å²) in [6, 6.07) is 0. The highest BCUT2D eigenvalue weighted by Crippen LogP contribution is 2.35. The molecule has 1 saturated heterocycles. The number of nitrogens with one attached hydrogen (secondary N) is 1. The van der Waals surface area contributed by atoms with Gasteiger partial charge >= 0.3 is 5.69 Å². The molecule has 1 aromatic rings. The Morgan fingerprint density at radius 1 is 1.67 bits per heavy atom. The fourth-order valence-corrected chi connectivity index (χ4v) is 2.43. The molecule has 0 amide bonds. The summed E-state index contributed by atoms with van der Waals surface area (Å²) >= 11 is 3.05. The topological polar surface area (TPSA) is 105 Å². The van der Waals surface area contributed by atoms with Crippen molar-refractivity contribution < 1.29 is 14.9 Å². The third-order valence-corrected chi connectivity index (χ3v) is 3.60. The Bertz CT molecular complexity index is 716. The van der Waals surface area contributed by atoms with Crippen LogP contribution in [0, 0.1) is 12.3 Å². The van der Waals surface area contributed by atoms with Crippen LogP contribution < -0.4 is 11.2 Å². The van der Waals surface area contributed by atoms with Gasteiger partial charge in [-0.3, -0.25) is 14.3 Å². The number of ether oxygens (including phenoxy) is 1. The average molecular weight is 357 g/mol. The largest absolute Gasteiger partial charge is 0.392 e. The van der Waals surface area contributed by atoms with Gasteiger partial charge < -0.3 is 14.9 Å². The molecule has 1 fully saturated rings. The van der Waals surface area contributed by atoms with Crippen LogP contribution in [0.15, 0.2) is 20.8 Å². The maximum absolute atomic E-state index is 11.9. The van der Waals surface area contributed by atoms with Crippen LogP contribution in [-0.2, 0) is 4.74 Å². The van der Waals surface area contributed by atoms with Gasteiger partial charge in [-0.25, -0.2) is 4.79 Å². The minimum atomic E-state index is -1.55. The number of nitrogens with zero attached hydrogens (tertiary/aromatic N) is 1. The molecule has 3 N–H and O–H groups in total. The standard InChI is InChI=1S/C13H13BrN2O5/c1-2-13(7-17)9(18)5-10(21-13)16-6-8(3-4-14)11(19)15-12(16)20/h1,3-4,6,9-10,17-18H,5,7H2,(H,15,19,20)/b4-3+/t9-,10+,13?/m0/s1. The number of aliphatic hydroxyl groups excluding tert-OH is 2. The minimum Gasteiger partial charge on any atom is -0.392 e. The van der Waals surface area contributed by atoms with Gasteiger partial charge in [0.1, 0.15) is 12.3 Å². The zero-order valence-electron chi connectivity index (χ0n) is 10.8. The number of halogens is 1. The van der Waals surface area contributed by atoms with Gasteiger partial charge in [0, 0.05) is 12.6 Å². The number of rotatable bonds is 3. The Balaban J connectivity index is 2.45. The molecule has 1 aliphatic rings. The summed E-state index contributed by atoms with van der Waals surface area (Å²) in [5.41, 5.74) is -2.55. The molecule has 2 heterocycles. The predicted molar refractivity (Wildman–Crippen MR) is 78.7 cm³/mol. The number of aliphatic hydroxyl groups is 2. The van der Waals surface area contributed by atoms with Crippen molar-refractivity contribution in [1.82, 2.24) is 9.55 Å². The SMILES string of the molecule is C#CC1(CO)O[C@@H](n2cc(/C=C/Br)c(=O)[nH]c2=O)C[C@@H]1O. The molecular weight excluding hydrogens is 344 g/mol. The smallest absolute Gasteiger partial charge is 0.330 e. The van der Waals surface area contributed by atoms with Gasteiger partial charge in [0.15, 0.2) is 5.60 Å². The van der Waals surface area contributed by atoms with Crippen LogP contribution in [0.3, 0.4) is 0 Å². The number of hydrogen-bond acceptors (Lipinski definition) is 5. The van der Waals surface area contributed by atoms with E-state index >= 15 is 0 Å². The lowest BCUT2D eigenvalue weighted by Crippen LogP contribution is -2.41. The van der Waals surface area contributed by atoms with E-state index in [9.17, 15) is 19.8 Å². The summed E-state index contributed by atoms with van der Waals surface area (Å²) in [4.78, 5) is 27.1. The third-order valence-electron chi connectivity index (χ3n) is 3.34. The fourth-order valence-electron chi connectivity index (χ4n) is 2.14. The first-order chi connectivity index (χ1) is 9.97. The Labute approximate surface area is 128 Å². The van der Waals surface area contributed by atoms with Gasteiger partial charge in [0.25, 0.3) is 5.56 Å². The summed E-state index contributed by atoms with van der Waals surface area (Å²) in [5.74, 6) is 2.22. The van der Waals surface area contributed by atoms with E-state index in [1.807, 2.05) is 0 Å². The molecule has 112 valence electrons. The minimum absolute atomic E-state index is 0.0220. The van der Waals surface area contributed by atoms with Crippen molar-refractivity contribution in [1.29, 1.82) is 0 Å². The molecule has 0 radical (unpaired) electrons. The van der Waals surface area contributed by atoms with Crippen LogP contribution in [0.4, 0.5) is 0 Å². The van der Waals surface area contributed by atoms with E-state index in [4.69, 9.17) is 11.2 Å². The van der Waals surface area contributed by atoms with E-state index in [1.165, 1.54) is 17.3 Å². The number of terminal acetylenes is 1. The van der Waals surface area contributed by atoms with E-state index in [0.717, 1.165) is 4.57 Å². The number of H-pyrrole nitrogens is 1. The second-order valence-electron chi connectivity index (χ2n) is 4.56. The summed E-state index contributed by atoms with van der Waals surface area (Å²) in [7, 11) is 0. The Hall–Kier alpha value is -1.66. The van der Waals surface area contributed by atoms with Crippen LogP contribution in [0.5, 0.6) is 0 Å². The predicted octanol–water partition coefficient (Wildman–Crippen LogP) is -0.454. The molecule has 2 rings (SSSR count). The van der Waals surface area contributed by atoms with E-state index in [-0.39, 0.29) is 12.0 Å².